The molecule has 18 heavy (non-hydrogen) atoms. The summed E-state index contributed by atoms with van der Waals surface area (Å²) in [6.45, 7) is 1.76. The fourth-order valence-corrected chi connectivity index (χ4v) is 2.87. The van der Waals surface area contributed by atoms with Gasteiger partial charge in [-0.2, -0.15) is 0 Å². The van der Waals surface area contributed by atoms with Gasteiger partial charge in [0.15, 0.2) is 17.3 Å². The molecule has 0 unspecified atom stereocenters. The second-order valence-electron chi connectivity index (χ2n) is 5.13. The summed E-state index contributed by atoms with van der Waals surface area (Å²) in [7, 11) is 1.34. The molecule has 1 saturated carbocycles. The fraction of sp³-hybridized carbons (Fsp3) is 0.571. The number of hydrogen-bond acceptors (Lipinski definition) is 3. The molecule has 3 nitrogen and oxygen atoms in total. The zero-order chi connectivity index (χ0) is 13.3. The van der Waals surface area contributed by atoms with Crippen LogP contribution in [0.25, 0.3) is 0 Å². The Hall–Kier alpha value is -1.29. The first-order valence-electron chi connectivity index (χ1n) is 6.35. The maximum absolute atomic E-state index is 13.9. The van der Waals surface area contributed by atoms with Crippen molar-refractivity contribution in [3.63, 3.8) is 0 Å². The lowest BCUT2D eigenvalue weighted by atomic mass is 9.75. The van der Waals surface area contributed by atoms with Crippen molar-refractivity contribution in [2.45, 2.75) is 44.6 Å². The van der Waals surface area contributed by atoms with Crippen LogP contribution in [0.15, 0.2) is 6.07 Å². The molecule has 1 aromatic rings. The topological polar surface area (TPSA) is 55.5 Å². The molecule has 1 fully saturated rings. The normalized spacial score (nSPS) is 18.7. The Bertz CT molecular complexity index is 454. The molecular weight excluding hydrogens is 233 g/mol. The molecular formula is C14H20FNO2. The van der Waals surface area contributed by atoms with Crippen molar-refractivity contribution in [2.75, 3.05) is 7.11 Å². The molecule has 4 heteroatoms. The Labute approximate surface area is 107 Å². The molecule has 0 spiro atoms. The number of benzene rings is 1. The highest BCUT2D eigenvalue weighted by atomic mass is 19.1. The van der Waals surface area contributed by atoms with Crippen LogP contribution in [0, 0.1) is 12.7 Å². The maximum Gasteiger partial charge on any atom is 0.196 e. The third-order valence-corrected chi connectivity index (χ3v) is 3.95. The van der Waals surface area contributed by atoms with E-state index in [0.29, 0.717) is 11.1 Å². The number of methoxy groups -OCH3 is 1. The molecule has 0 atom stereocenters. The van der Waals surface area contributed by atoms with Gasteiger partial charge in [-0.3, -0.25) is 0 Å². The van der Waals surface area contributed by atoms with Crippen LogP contribution in [0.3, 0.4) is 0 Å². The van der Waals surface area contributed by atoms with Crippen LogP contribution < -0.4 is 10.5 Å². The van der Waals surface area contributed by atoms with Gasteiger partial charge in [-0.05, 0) is 37.0 Å². The first-order valence-corrected chi connectivity index (χ1v) is 6.35. The summed E-state index contributed by atoms with van der Waals surface area (Å²) in [6.07, 6.45) is 4.93. The Morgan fingerprint density at radius 3 is 2.50 bits per heavy atom. The van der Waals surface area contributed by atoms with Crippen molar-refractivity contribution in [3.05, 3.63) is 23.0 Å². The molecule has 1 aliphatic carbocycles. The van der Waals surface area contributed by atoms with Crippen molar-refractivity contribution in [1.82, 2.24) is 0 Å². The first kappa shape index (κ1) is 13.1. The van der Waals surface area contributed by atoms with Gasteiger partial charge in [-0.15, -0.1) is 0 Å². The third-order valence-electron chi connectivity index (χ3n) is 3.95. The van der Waals surface area contributed by atoms with Gasteiger partial charge in [0.25, 0.3) is 0 Å². The Balaban J connectivity index is 2.51. The molecule has 0 saturated heterocycles. The first-order chi connectivity index (χ1) is 8.49. The Morgan fingerprint density at radius 1 is 1.33 bits per heavy atom. The van der Waals surface area contributed by atoms with E-state index in [4.69, 9.17) is 10.5 Å². The van der Waals surface area contributed by atoms with Gasteiger partial charge in [-0.1, -0.05) is 19.3 Å². The SMILES string of the molecule is COc1c(F)cc(C2(N)CCCCC2)c(C)c1O. The van der Waals surface area contributed by atoms with E-state index in [1.54, 1.807) is 6.92 Å². The molecule has 0 radical (unpaired) electrons. The van der Waals surface area contributed by atoms with Crippen molar-refractivity contribution in [3.8, 4) is 11.5 Å². The standard InChI is InChI=1S/C14H20FNO2/c1-9-10(14(16)6-4-3-5-7-14)8-11(15)13(18-2)12(9)17/h8,17H,3-7,16H2,1-2H3. The zero-order valence-corrected chi connectivity index (χ0v) is 10.9. The Kier molecular flexibility index (Phi) is 3.48. The zero-order valence-electron chi connectivity index (χ0n) is 10.9. The second kappa shape index (κ2) is 4.76. The largest absolute Gasteiger partial charge is 0.504 e. The van der Waals surface area contributed by atoms with E-state index in [0.717, 1.165) is 25.7 Å². The minimum absolute atomic E-state index is 0.101. The lowest BCUT2D eigenvalue weighted by Crippen LogP contribution is -2.39. The molecule has 2 rings (SSSR count). The molecule has 0 amide bonds. The summed E-state index contributed by atoms with van der Waals surface area (Å²) in [5, 5.41) is 9.98. The van der Waals surface area contributed by atoms with Gasteiger partial charge < -0.3 is 15.6 Å². The lowest BCUT2D eigenvalue weighted by molar-refractivity contribution is 0.295. The number of phenols is 1. The highest BCUT2D eigenvalue weighted by Crippen LogP contribution is 2.42. The molecule has 0 bridgehead atoms. The van der Waals surface area contributed by atoms with Crippen LogP contribution in [-0.4, -0.2) is 12.2 Å². The highest BCUT2D eigenvalue weighted by Gasteiger charge is 2.33. The number of rotatable bonds is 2. The predicted octanol–water partition coefficient (Wildman–Crippen LogP) is 2.97. The van der Waals surface area contributed by atoms with Crippen LogP contribution in [-0.2, 0) is 5.54 Å². The second-order valence-corrected chi connectivity index (χ2v) is 5.13. The summed E-state index contributed by atoms with van der Waals surface area (Å²) in [5.74, 6) is -0.787. The van der Waals surface area contributed by atoms with E-state index in [1.807, 2.05) is 0 Å². The quantitative estimate of drug-likeness (QED) is 0.852. The van der Waals surface area contributed by atoms with Crippen LogP contribution in [0.4, 0.5) is 4.39 Å². The molecule has 3 N–H and O–H groups in total. The number of hydrogen-bond donors (Lipinski definition) is 2. The highest BCUT2D eigenvalue weighted by molar-refractivity contribution is 5.52. The predicted molar refractivity (Wildman–Crippen MR) is 68.3 cm³/mol. The summed E-state index contributed by atoms with van der Waals surface area (Å²) in [5.41, 5.74) is 7.20. The van der Waals surface area contributed by atoms with Gasteiger partial charge in [0, 0.05) is 5.54 Å². The monoisotopic (exact) mass is 253 g/mol. The summed E-state index contributed by atoms with van der Waals surface area (Å²) >= 11 is 0. The smallest absolute Gasteiger partial charge is 0.196 e. The minimum Gasteiger partial charge on any atom is -0.504 e. The van der Waals surface area contributed by atoms with E-state index in [-0.39, 0.29) is 11.5 Å². The lowest BCUT2D eigenvalue weighted by Gasteiger charge is -2.35. The number of phenolic OH excluding ortho intramolecular Hbond substituents is 1. The van der Waals surface area contributed by atoms with Crippen LogP contribution in [0.5, 0.6) is 11.5 Å². The third kappa shape index (κ3) is 2.05. The van der Waals surface area contributed by atoms with Gasteiger partial charge in [0.05, 0.1) is 7.11 Å². The number of halogens is 1. The fourth-order valence-electron chi connectivity index (χ4n) is 2.87. The maximum atomic E-state index is 13.9. The minimum atomic E-state index is -0.550. The average Bonchev–Trinajstić information content (AvgIpc) is 2.35. The van der Waals surface area contributed by atoms with Gasteiger partial charge >= 0.3 is 0 Å². The molecule has 0 aromatic heterocycles. The van der Waals surface area contributed by atoms with Gasteiger partial charge in [0.2, 0.25) is 0 Å². The summed E-state index contributed by atoms with van der Waals surface area (Å²) in [6, 6.07) is 1.42. The molecule has 1 aliphatic rings. The average molecular weight is 253 g/mol. The molecule has 0 aliphatic heterocycles. The molecule has 0 heterocycles. The Morgan fingerprint density at radius 2 is 1.94 bits per heavy atom. The van der Waals surface area contributed by atoms with Crippen molar-refractivity contribution >= 4 is 0 Å². The van der Waals surface area contributed by atoms with Crippen molar-refractivity contribution < 1.29 is 14.2 Å². The van der Waals surface area contributed by atoms with Crippen molar-refractivity contribution in [1.29, 1.82) is 0 Å². The molecule has 100 valence electrons. The van der Waals surface area contributed by atoms with E-state index < -0.39 is 11.4 Å². The van der Waals surface area contributed by atoms with Crippen LogP contribution in [0.1, 0.15) is 43.2 Å². The van der Waals surface area contributed by atoms with Crippen LogP contribution in [0.2, 0.25) is 0 Å². The van der Waals surface area contributed by atoms with Gasteiger partial charge in [-0.25, -0.2) is 4.39 Å². The van der Waals surface area contributed by atoms with E-state index in [2.05, 4.69) is 0 Å². The summed E-state index contributed by atoms with van der Waals surface area (Å²) < 4.78 is 18.7. The van der Waals surface area contributed by atoms with Gasteiger partial charge in [0.1, 0.15) is 0 Å². The number of aromatic hydroxyl groups is 1. The van der Waals surface area contributed by atoms with Crippen LogP contribution >= 0.6 is 0 Å². The van der Waals surface area contributed by atoms with Crippen molar-refractivity contribution in [2.24, 2.45) is 5.73 Å². The van der Waals surface area contributed by atoms with E-state index in [1.165, 1.54) is 19.6 Å². The van der Waals surface area contributed by atoms with E-state index in [9.17, 15) is 9.50 Å². The summed E-state index contributed by atoms with van der Waals surface area (Å²) in [4.78, 5) is 0. The number of ether oxygens (including phenoxy) is 1. The molecule has 1 aromatic carbocycles. The van der Waals surface area contributed by atoms with E-state index >= 15 is 0 Å². The number of nitrogens with two attached hydrogens (primary N) is 1.